The van der Waals surface area contributed by atoms with Gasteiger partial charge < -0.3 is 16.8 Å². The third-order valence-electron chi connectivity index (χ3n) is 6.42. The highest BCUT2D eigenvalue weighted by atomic mass is 32.2. The molecule has 0 amide bonds. The van der Waals surface area contributed by atoms with Gasteiger partial charge in [-0.2, -0.15) is 4.98 Å². The van der Waals surface area contributed by atoms with E-state index in [9.17, 15) is 8.42 Å². The molecule has 1 fully saturated rings. The first-order chi connectivity index (χ1) is 14.8. The van der Waals surface area contributed by atoms with E-state index in [0.29, 0.717) is 29.3 Å². The Balaban J connectivity index is 2.09. The number of nitrogens with zero attached hydrogens (tertiary/aromatic N) is 2. The number of nitrogens with one attached hydrogen (secondary N) is 1. The molecule has 1 aliphatic heterocycles. The van der Waals surface area contributed by atoms with Crippen molar-refractivity contribution < 1.29 is 8.42 Å². The number of sulfone groups is 1. The molecule has 8 heteroatoms. The van der Waals surface area contributed by atoms with E-state index < -0.39 is 25.8 Å². The zero-order valence-electron chi connectivity index (χ0n) is 17.9. The fourth-order valence-corrected chi connectivity index (χ4v) is 6.98. The summed E-state index contributed by atoms with van der Waals surface area (Å²) in [7, 11) is -3.59. The van der Waals surface area contributed by atoms with Gasteiger partial charge >= 0.3 is 0 Å². The molecule has 1 aliphatic rings. The highest BCUT2D eigenvalue weighted by Gasteiger charge is 2.50. The summed E-state index contributed by atoms with van der Waals surface area (Å²) in [5.74, 6) is 0.282. The summed E-state index contributed by atoms with van der Waals surface area (Å²) in [5, 5.41) is 2.62. The second-order valence-corrected chi connectivity index (χ2v) is 11.1. The number of hydrogen-bond donors (Lipinski definition) is 3. The monoisotopic (exact) mass is 439 g/mol. The predicted octanol–water partition coefficient (Wildman–Crippen LogP) is 2.98. The molecule has 0 radical (unpaired) electrons. The van der Waals surface area contributed by atoms with Gasteiger partial charge in [0.15, 0.2) is 9.84 Å². The van der Waals surface area contributed by atoms with Gasteiger partial charge in [-0.1, -0.05) is 42.5 Å². The van der Waals surface area contributed by atoms with Crippen LogP contribution in [0.5, 0.6) is 0 Å². The zero-order chi connectivity index (χ0) is 22.2. The lowest BCUT2D eigenvalue weighted by Gasteiger charge is -2.45. The summed E-state index contributed by atoms with van der Waals surface area (Å²) in [6.07, 6.45) is 1.39. The maximum Gasteiger partial charge on any atom is 0.222 e. The van der Waals surface area contributed by atoms with E-state index in [1.165, 1.54) is 0 Å². The minimum absolute atomic E-state index is 0.0741. The van der Waals surface area contributed by atoms with Crippen molar-refractivity contribution in [2.75, 3.05) is 24.6 Å². The van der Waals surface area contributed by atoms with E-state index in [4.69, 9.17) is 11.5 Å². The Kier molecular flexibility index (Phi) is 5.61. The standard InChI is InChI=1S/C23H29N5O2S/c1-15(2)31(29,30)20(17-9-6-10-18-19(17)21(24)28-22(25)27-18)23(11-13-26-14-12-23)16-7-4-3-5-8-16/h3-10,15,20,26H,11-14H2,1-2H3,(H4,24,25,27,28). The molecule has 4 rings (SSSR count). The summed E-state index contributed by atoms with van der Waals surface area (Å²) in [6, 6.07) is 15.5. The van der Waals surface area contributed by atoms with Crippen LogP contribution in [0.15, 0.2) is 48.5 Å². The SMILES string of the molecule is CC(C)S(=O)(=O)C(c1cccc2nc(N)nc(N)c12)C1(c2ccccc2)CCNCC1. The second kappa shape index (κ2) is 8.09. The third-order valence-corrected chi connectivity index (χ3v) is 9.09. The highest BCUT2D eigenvalue weighted by Crippen LogP contribution is 2.51. The molecule has 0 spiro atoms. The number of nitrogens with two attached hydrogens (primary N) is 2. The summed E-state index contributed by atoms with van der Waals surface area (Å²) in [6.45, 7) is 4.96. The number of piperidine rings is 1. The van der Waals surface area contributed by atoms with Gasteiger partial charge in [-0.15, -0.1) is 0 Å². The third kappa shape index (κ3) is 3.64. The lowest BCUT2D eigenvalue weighted by molar-refractivity contribution is 0.292. The maximum atomic E-state index is 14.0. The fourth-order valence-electron chi connectivity index (χ4n) is 4.88. The van der Waals surface area contributed by atoms with Crippen molar-refractivity contribution >= 4 is 32.5 Å². The average Bonchev–Trinajstić information content (AvgIpc) is 2.74. The molecule has 5 N–H and O–H groups in total. The van der Waals surface area contributed by atoms with Crippen LogP contribution < -0.4 is 16.8 Å². The van der Waals surface area contributed by atoms with Gasteiger partial charge in [-0.05, 0) is 57.0 Å². The first-order valence-corrected chi connectivity index (χ1v) is 12.2. The minimum atomic E-state index is -3.59. The Morgan fingerprint density at radius 2 is 1.65 bits per heavy atom. The summed E-state index contributed by atoms with van der Waals surface area (Å²) < 4.78 is 28.0. The smallest absolute Gasteiger partial charge is 0.222 e. The van der Waals surface area contributed by atoms with Crippen molar-refractivity contribution in [1.82, 2.24) is 15.3 Å². The Labute approximate surface area is 183 Å². The second-order valence-electron chi connectivity index (χ2n) is 8.50. The van der Waals surface area contributed by atoms with E-state index in [0.717, 1.165) is 18.7 Å². The van der Waals surface area contributed by atoms with Crippen LogP contribution in [-0.2, 0) is 15.3 Å². The molecule has 0 bridgehead atoms. The molecule has 1 unspecified atom stereocenters. The Bertz CT molecular complexity index is 1190. The number of rotatable bonds is 5. The quantitative estimate of drug-likeness (QED) is 0.558. The van der Waals surface area contributed by atoms with Crippen LogP contribution in [0.1, 0.15) is 43.1 Å². The summed E-state index contributed by atoms with van der Waals surface area (Å²) in [4.78, 5) is 8.48. The van der Waals surface area contributed by atoms with Crippen molar-refractivity contribution in [3.8, 4) is 0 Å². The largest absolute Gasteiger partial charge is 0.383 e. The number of anilines is 2. The molecule has 1 saturated heterocycles. The van der Waals surface area contributed by atoms with Crippen molar-refractivity contribution in [3.63, 3.8) is 0 Å². The highest BCUT2D eigenvalue weighted by molar-refractivity contribution is 7.92. The molecule has 31 heavy (non-hydrogen) atoms. The number of fused-ring (bicyclic) bond motifs is 1. The van der Waals surface area contributed by atoms with Crippen molar-refractivity contribution in [2.24, 2.45) is 0 Å². The summed E-state index contributed by atoms with van der Waals surface area (Å²) >= 11 is 0. The van der Waals surface area contributed by atoms with E-state index in [2.05, 4.69) is 15.3 Å². The lowest BCUT2D eigenvalue weighted by atomic mass is 9.68. The number of hydrogen-bond acceptors (Lipinski definition) is 7. The summed E-state index contributed by atoms with van der Waals surface area (Å²) in [5.41, 5.74) is 13.7. The van der Waals surface area contributed by atoms with E-state index >= 15 is 0 Å². The van der Waals surface area contributed by atoms with E-state index in [1.54, 1.807) is 19.9 Å². The molecule has 3 aromatic rings. The van der Waals surface area contributed by atoms with Crippen LogP contribution in [0.2, 0.25) is 0 Å². The molecular weight excluding hydrogens is 410 g/mol. The van der Waals surface area contributed by atoms with Gasteiger partial charge in [-0.3, -0.25) is 0 Å². The van der Waals surface area contributed by atoms with Crippen LogP contribution in [0, 0.1) is 0 Å². The van der Waals surface area contributed by atoms with Gasteiger partial charge in [0.05, 0.1) is 16.0 Å². The number of benzene rings is 2. The normalized spacial score (nSPS) is 17.6. The number of nitrogen functional groups attached to an aromatic ring is 2. The Morgan fingerprint density at radius 1 is 0.968 bits per heavy atom. The van der Waals surface area contributed by atoms with Crippen LogP contribution >= 0.6 is 0 Å². The maximum absolute atomic E-state index is 14.0. The minimum Gasteiger partial charge on any atom is -0.383 e. The molecular formula is C23H29N5O2S. The first kappa shape index (κ1) is 21.5. The van der Waals surface area contributed by atoms with Crippen LogP contribution in [-0.4, -0.2) is 36.7 Å². The molecule has 0 saturated carbocycles. The Hall–Kier alpha value is -2.71. The van der Waals surface area contributed by atoms with Crippen molar-refractivity contribution in [1.29, 1.82) is 0 Å². The predicted molar refractivity (Wildman–Crippen MR) is 125 cm³/mol. The van der Waals surface area contributed by atoms with Crippen LogP contribution in [0.3, 0.4) is 0 Å². The average molecular weight is 440 g/mol. The molecule has 1 aromatic heterocycles. The molecule has 2 heterocycles. The van der Waals surface area contributed by atoms with E-state index in [1.807, 2.05) is 42.5 Å². The van der Waals surface area contributed by atoms with Gasteiger partial charge in [-0.25, -0.2) is 13.4 Å². The van der Waals surface area contributed by atoms with Gasteiger partial charge in [0.25, 0.3) is 0 Å². The van der Waals surface area contributed by atoms with Crippen molar-refractivity contribution in [3.05, 3.63) is 59.7 Å². The van der Waals surface area contributed by atoms with E-state index in [-0.39, 0.29) is 11.8 Å². The molecule has 0 aliphatic carbocycles. The van der Waals surface area contributed by atoms with Gasteiger partial charge in [0.1, 0.15) is 5.82 Å². The lowest BCUT2D eigenvalue weighted by Crippen LogP contribution is -2.47. The molecule has 2 aromatic carbocycles. The molecule has 1 atom stereocenters. The fraction of sp³-hybridized carbons (Fsp3) is 0.391. The van der Waals surface area contributed by atoms with Gasteiger partial charge in [0, 0.05) is 10.8 Å². The Morgan fingerprint density at radius 3 is 2.29 bits per heavy atom. The van der Waals surface area contributed by atoms with Crippen LogP contribution in [0.25, 0.3) is 10.9 Å². The molecule has 7 nitrogen and oxygen atoms in total. The zero-order valence-corrected chi connectivity index (χ0v) is 18.7. The number of aromatic nitrogens is 2. The topological polar surface area (TPSA) is 124 Å². The van der Waals surface area contributed by atoms with Crippen LogP contribution in [0.4, 0.5) is 11.8 Å². The molecule has 164 valence electrons. The van der Waals surface area contributed by atoms with Gasteiger partial charge in [0.2, 0.25) is 5.95 Å². The van der Waals surface area contributed by atoms with Crippen molar-refractivity contribution in [2.45, 2.75) is 42.6 Å². The first-order valence-electron chi connectivity index (χ1n) is 10.6.